The molecule has 2 aliphatic rings. The number of piperidine rings is 1. The molecule has 0 aromatic carbocycles. The van der Waals surface area contributed by atoms with Crippen LogP contribution < -0.4 is 0 Å². The first-order valence-electron chi connectivity index (χ1n) is 9.74. The van der Waals surface area contributed by atoms with Gasteiger partial charge in [0.2, 0.25) is 0 Å². The summed E-state index contributed by atoms with van der Waals surface area (Å²) in [6.45, 7) is 10.8. The largest absolute Gasteiger partial charge is 0.368 e. The van der Waals surface area contributed by atoms with Crippen LogP contribution >= 0.6 is 0 Å². The second-order valence-corrected chi connectivity index (χ2v) is 7.78. The molecule has 0 amide bonds. The quantitative estimate of drug-likeness (QED) is 0.790. The summed E-state index contributed by atoms with van der Waals surface area (Å²) in [6, 6.07) is 0. The predicted octanol–water partition coefficient (Wildman–Crippen LogP) is 2.86. The van der Waals surface area contributed by atoms with Crippen molar-refractivity contribution in [3.8, 4) is 0 Å². The third-order valence-electron chi connectivity index (χ3n) is 6.32. The number of ether oxygens (including phenoxy) is 1. The average Bonchev–Trinajstić information content (AvgIpc) is 3.21. The number of aryl methyl sites for hydroxylation is 2. The van der Waals surface area contributed by atoms with E-state index in [0.717, 1.165) is 32.6 Å². The number of hydrogen-bond donors (Lipinski definition) is 0. The van der Waals surface area contributed by atoms with Gasteiger partial charge in [-0.25, -0.2) is 0 Å². The van der Waals surface area contributed by atoms with Crippen molar-refractivity contribution in [2.24, 2.45) is 5.41 Å². The summed E-state index contributed by atoms with van der Waals surface area (Å²) in [5.74, 6) is 1.26. The maximum atomic E-state index is 6.13. The van der Waals surface area contributed by atoms with Crippen molar-refractivity contribution in [1.29, 1.82) is 0 Å². The standard InChI is InChI=1S/C19H29N5O2/c1-4-24-14(2)16(11-20-24)12-23-9-7-19(8-10-23)6-5-17(19)25-13-18-21-15(3)22-26-18/h11,17H,4-10,12-13H2,1-3H3. The fraction of sp³-hybridized carbons (Fsp3) is 0.737. The Bertz CT molecular complexity index is 745. The van der Waals surface area contributed by atoms with Gasteiger partial charge in [-0.3, -0.25) is 9.58 Å². The van der Waals surface area contributed by atoms with Crippen molar-refractivity contribution in [3.63, 3.8) is 0 Å². The monoisotopic (exact) mass is 359 g/mol. The number of rotatable bonds is 6. The second kappa shape index (κ2) is 7.12. The van der Waals surface area contributed by atoms with E-state index < -0.39 is 0 Å². The molecule has 142 valence electrons. The first kappa shape index (κ1) is 17.7. The van der Waals surface area contributed by atoms with E-state index in [1.165, 1.54) is 30.5 Å². The summed E-state index contributed by atoms with van der Waals surface area (Å²) in [5, 5.41) is 8.30. The highest BCUT2D eigenvalue weighted by molar-refractivity contribution is 5.16. The van der Waals surface area contributed by atoms with Crippen LogP contribution in [-0.4, -0.2) is 44.0 Å². The van der Waals surface area contributed by atoms with Gasteiger partial charge in [-0.2, -0.15) is 10.1 Å². The van der Waals surface area contributed by atoms with Gasteiger partial charge in [0.15, 0.2) is 5.82 Å². The fourth-order valence-electron chi connectivity index (χ4n) is 4.43. The Morgan fingerprint density at radius 1 is 1.27 bits per heavy atom. The van der Waals surface area contributed by atoms with Gasteiger partial charge in [-0.1, -0.05) is 5.16 Å². The van der Waals surface area contributed by atoms with Crippen LogP contribution in [0, 0.1) is 19.3 Å². The molecule has 1 atom stereocenters. The molecule has 1 aliphatic heterocycles. The summed E-state index contributed by atoms with van der Waals surface area (Å²) in [5.41, 5.74) is 3.01. The van der Waals surface area contributed by atoms with Crippen molar-refractivity contribution in [2.45, 2.75) is 72.3 Å². The summed E-state index contributed by atoms with van der Waals surface area (Å²) >= 11 is 0. The molecule has 4 rings (SSSR count). The van der Waals surface area contributed by atoms with Gasteiger partial charge in [0.1, 0.15) is 6.61 Å². The molecule has 26 heavy (non-hydrogen) atoms. The molecule has 0 N–H and O–H groups in total. The minimum Gasteiger partial charge on any atom is -0.368 e. The van der Waals surface area contributed by atoms with Gasteiger partial charge in [0.05, 0.1) is 12.3 Å². The number of nitrogens with zero attached hydrogens (tertiary/aromatic N) is 5. The number of hydrogen-bond acceptors (Lipinski definition) is 6. The lowest BCUT2D eigenvalue weighted by molar-refractivity contribution is -0.147. The number of aromatic nitrogens is 4. The molecule has 0 radical (unpaired) electrons. The molecular formula is C19H29N5O2. The average molecular weight is 359 g/mol. The summed E-state index contributed by atoms with van der Waals surface area (Å²) < 4.78 is 13.4. The van der Waals surface area contributed by atoms with Crippen molar-refractivity contribution < 1.29 is 9.26 Å². The van der Waals surface area contributed by atoms with E-state index in [0.29, 0.717) is 29.8 Å². The van der Waals surface area contributed by atoms with Gasteiger partial charge in [-0.05, 0) is 65.0 Å². The smallest absolute Gasteiger partial charge is 0.252 e. The Balaban J connectivity index is 1.29. The molecular weight excluding hydrogens is 330 g/mol. The maximum Gasteiger partial charge on any atom is 0.252 e. The lowest BCUT2D eigenvalue weighted by Gasteiger charge is -2.53. The van der Waals surface area contributed by atoms with E-state index >= 15 is 0 Å². The van der Waals surface area contributed by atoms with E-state index in [2.05, 4.69) is 38.7 Å². The van der Waals surface area contributed by atoms with E-state index in [-0.39, 0.29) is 0 Å². The van der Waals surface area contributed by atoms with Crippen LogP contribution in [0.4, 0.5) is 0 Å². The normalized spacial score (nSPS) is 22.7. The van der Waals surface area contributed by atoms with E-state index in [9.17, 15) is 0 Å². The third kappa shape index (κ3) is 3.30. The molecule has 1 aliphatic carbocycles. The number of likely N-dealkylation sites (tertiary alicyclic amines) is 1. The highest BCUT2D eigenvalue weighted by Gasteiger charge is 2.49. The van der Waals surface area contributed by atoms with Crippen LogP contribution in [0.2, 0.25) is 0 Å². The lowest BCUT2D eigenvalue weighted by atomic mass is 9.60. The molecule has 1 saturated carbocycles. The van der Waals surface area contributed by atoms with Gasteiger partial charge in [0.25, 0.3) is 5.89 Å². The Labute approximate surface area is 154 Å². The highest BCUT2D eigenvalue weighted by Crippen LogP contribution is 2.51. The molecule has 0 bridgehead atoms. The van der Waals surface area contributed by atoms with Crippen LogP contribution in [0.1, 0.15) is 55.6 Å². The zero-order valence-electron chi connectivity index (χ0n) is 16.1. The fourth-order valence-corrected chi connectivity index (χ4v) is 4.43. The molecule has 2 fully saturated rings. The Kier molecular flexibility index (Phi) is 4.84. The molecule has 1 unspecified atom stereocenters. The summed E-state index contributed by atoms with van der Waals surface area (Å²) in [7, 11) is 0. The Morgan fingerprint density at radius 3 is 2.65 bits per heavy atom. The summed E-state index contributed by atoms with van der Waals surface area (Å²) in [4.78, 5) is 6.79. The van der Waals surface area contributed by atoms with Crippen LogP contribution in [-0.2, 0) is 24.4 Å². The van der Waals surface area contributed by atoms with E-state index in [4.69, 9.17) is 9.26 Å². The van der Waals surface area contributed by atoms with Gasteiger partial charge >= 0.3 is 0 Å². The van der Waals surface area contributed by atoms with E-state index in [1.807, 2.05) is 13.1 Å². The Morgan fingerprint density at radius 2 is 2.08 bits per heavy atom. The van der Waals surface area contributed by atoms with Crippen LogP contribution in [0.25, 0.3) is 0 Å². The van der Waals surface area contributed by atoms with Crippen LogP contribution in [0.3, 0.4) is 0 Å². The van der Waals surface area contributed by atoms with Crippen molar-refractivity contribution in [3.05, 3.63) is 29.2 Å². The molecule has 3 heterocycles. The third-order valence-corrected chi connectivity index (χ3v) is 6.32. The van der Waals surface area contributed by atoms with Crippen molar-refractivity contribution in [2.75, 3.05) is 13.1 Å². The first-order valence-corrected chi connectivity index (χ1v) is 9.74. The predicted molar refractivity (Wildman–Crippen MR) is 96.4 cm³/mol. The molecule has 7 heteroatoms. The molecule has 2 aromatic rings. The van der Waals surface area contributed by atoms with Gasteiger partial charge in [-0.15, -0.1) is 0 Å². The molecule has 2 aromatic heterocycles. The minimum absolute atomic E-state index is 0.335. The lowest BCUT2D eigenvalue weighted by Crippen LogP contribution is -2.53. The van der Waals surface area contributed by atoms with Crippen molar-refractivity contribution >= 4 is 0 Å². The van der Waals surface area contributed by atoms with Crippen molar-refractivity contribution in [1.82, 2.24) is 24.8 Å². The SMILES string of the molecule is CCn1ncc(CN2CCC3(CCC3OCc3nc(C)no3)CC2)c1C. The molecule has 1 saturated heterocycles. The minimum atomic E-state index is 0.335. The zero-order chi connectivity index (χ0) is 18.1. The van der Waals surface area contributed by atoms with Gasteiger partial charge in [0, 0.05) is 24.3 Å². The second-order valence-electron chi connectivity index (χ2n) is 7.78. The Hall–Kier alpha value is -1.73. The maximum absolute atomic E-state index is 6.13. The zero-order valence-corrected chi connectivity index (χ0v) is 16.1. The highest BCUT2D eigenvalue weighted by atomic mass is 16.5. The molecule has 1 spiro atoms. The van der Waals surface area contributed by atoms with Crippen LogP contribution in [0.5, 0.6) is 0 Å². The molecule has 7 nitrogen and oxygen atoms in total. The van der Waals surface area contributed by atoms with E-state index in [1.54, 1.807) is 0 Å². The van der Waals surface area contributed by atoms with Crippen LogP contribution in [0.15, 0.2) is 10.7 Å². The van der Waals surface area contributed by atoms with Gasteiger partial charge < -0.3 is 9.26 Å². The topological polar surface area (TPSA) is 69.2 Å². The summed E-state index contributed by atoms with van der Waals surface area (Å²) in [6.07, 6.45) is 7.21. The first-order chi connectivity index (χ1) is 12.6.